The summed E-state index contributed by atoms with van der Waals surface area (Å²) < 4.78 is 0. The third-order valence-corrected chi connectivity index (χ3v) is 3.34. The van der Waals surface area contributed by atoms with E-state index in [2.05, 4.69) is 53.4 Å². The lowest BCUT2D eigenvalue weighted by Crippen LogP contribution is -2.04. The maximum Gasteiger partial charge on any atom is 0.156 e. The summed E-state index contributed by atoms with van der Waals surface area (Å²) in [6.45, 7) is 8.19. The van der Waals surface area contributed by atoms with E-state index in [1.54, 1.807) is 0 Å². The quantitative estimate of drug-likeness (QED) is 0.879. The van der Waals surface area contributed by atoms with Crippen LogP contribution >= 0.6 is 0 Å². The third-order valence-electron chi connectivity index (χ3n) is 3.34. The maximum absolute atomic E-state index is 4.38. The van der Waals surface area contributed by atoms with Crippen molar-refractivity contribution in [2.24, 2.45) is 0 Å². The number of anilines is 1. The van der Waals surface area contributed by atoms with Crippen LogP contribution in [0.5, 0.6) is 0 Å². The Hall–Kier alpha value is -1.97. The molecule has 2 aromatic rings. The Balaban J connectivity index is 2.66. The minimum absolute atomic E-state index is 0.671. The van der Waals surface area contributed by atoms with Crippen LogP contribution in [0, 0.1) is 27.7 Å². The van der Waals surface area contributed by atoms with Crippen molar-refractivity contribution in [3.8, 4) is 11.3 Å². The van der Waals surface area contributed by atoms with E-state index in [0.29, 0.717) is 5.82 Å². The number of hydrogen-bond acceptors (Lipinski definition) is 4. The molecule has 1 N–H and O–H groups in total. The molecule has 0 atom stereocenters. The van der Waals surface area contributed by atoms with Gasteiger partial charge in [0.25, 0.3) is 0 Å². The van der Waals surface area contributed by atoms with Crippen LogP contribution in [0.25, 0.3) is 11.3 Å². The second-order valence-electron chi connectivity index (χ2n) is 4.49. The van der Waals surface area contributed by atoms with Crippen molar-refractivity contribution < 1.29 is 0 Å². The molecule has 0 radical (unpaired) electrons. The molecule has 0 saturated carbocycles. The van der Waals surface area contributed by atoms with Gasteiger partial charge in [0.05, 0.1) is 0 Å². The molecule has 0 spiro atoms. The molecule has 2 rings (SSSR count). The van der Waals surface area contributed by atoms with Gasteiger partial charge < -0.3 is 5.32 Å². The molecule has 0 saturated heterocycles. The summed E-state index contributed by atoms with van der Waals surface area (Å²) in [5.41, 5.74) is 5.70. The molecule has 0 aliphatic heterocycles. The Morgan fingerprint density at radius 3 is 2.33 bits per heavy atom. The molecular formula is C14H18N4. The standard InChI is InChI=1S/C14H18N4/c1-8-6-7-12(10(3)9(8)2)13-14(15-5)16-11(4)17-18-13/h6-7H,1-5H3,(H,15,16,17). The Kier molecular flexibility index (Phi) is 3.28. The zero-order valence-corrected chi connectivity index (χ0v) is 11.5. The van der Waals surface area contributed by atoms with E-state index in [1.165, 1.54) is 16.7 Å². The normalized spacial score (nSPS) is 10.5. The first-order valence-electron chi connectivity index (χ1n) is 6.01. The second kappa shape index (κ2) is 4.72. The fraction of sp³-hybridized carbons (Fsp3) is 0.357. The molecule has 94 valence electrons. The van der Waals surface area contributed by atoms with Gasteiger partial charge in [-0.25, -0.2) is 4.98 Å². The molecule has 0 amide bonds. The lowest BCUT2D eigenvalue weighted by Gasteiger charge is -2.12. The average Bonchev–Trinajstić information content (AvgIpc) is 2.37. The van der Waals surface area contributed by atoms with Crippen molar-refractivity contribution in [1.82, 2.24) is 15.2 Å². The Labute approximate surface area is 107 Å². The zero-order chi connectivity index (χ0) is 13.3. The van der Waals surface area contributed by atoms with Crippen LogP contribution in [-0.2, 0) is 0 Å². The molecule has 0 bridgehead atoms. The molecular weight excluding hydrogens is 224 g/mol. The monoisotopic (exact) mass is 242 g/mol. The van der Waals surface area contributed by atoms with E-state index in [0.717, 1.165) is 17.1 Å². The van der Waals surface area contributed by atoms with Gasteiger partial charge in [-0.15, -0.1) is 10.2 Å². The van der Waals surface area contributed by atoms with E-state index in [-0.39, 0.29) is 0 Å². The highest BCUT2D eigenvalue weighted by atomic mass is 15.2. The van der Waals surface area contributed by atoms with Crippen molar-refractivity contribution in [2.75, 3.05) is 12.4 Å². The first-order valence-corrected chi connectivity index (χ1v) is 6.01. The van der Waals surface area contributed by atoms with E-state index >= 15 is 0 Å². The highest BCUT2D eigenvalue weighted by molar-refractivity contribution is 5.74. The SMILES string of the molecule is CNc1nc(C)nnc1-c1ccc(C)c(C)c1C. The molecule has 1 heterocycles. The van der Waals surface area contributed by atoms with Crippen LogP contribution in [0.4, 0.5) is 5.82 Å². The molecule has 4 nitrogen and oxygen atoms in total. The smallest absolute Gasteiger partial charge is 0.156 e. The number of benzene rings is 1. The van der Waals surface area contributed by atoms with Crippen molar-refractivity contribution in [1.29, 1.82) is 0 Å². The summed E-state index contributed by atoms with van der Waals surface area (Å²) in [5, 5.41) is 11.4. The molecule has 18 heavy (non-hydrogen) atoms. The van der Waals surface area contributed by atoms with E-state index < -0.39 is 0 Å². The van der Waals surface area contributed by atoms with Gasteiger partial charge in [-0.3, -0.25) is 0 Å². The molecule has 0 fully saturated rings. The van der Waals surface area contributed by atoms with Gasteiger partial charge >= 0.3 is 0 Å². The largest absolute Gasteiger partial charge is 0.371 e. The minimum atomic E-state index is 0.671. The highest BCUT2D eigenvalue weighted by Crippen LogP contribution is 2.29. The Morgan fingerprint density at radius 1 is 0.944 bits per heavy atom. The zero-order valence-electron chi connectivity index (χ0n) is 11.5. The number of aryl methyl sites for hydroxylation is 2. The molecule has 0 aliphatic carbocycles. The van der Waals surface area contributed by atoms with Crippen molar-refractivity contribution >= 4 is 5.82 Å². The van der Waals surface area contributed by atoms with Crippen molar-refractivity contribution in [3.05, 3.63) is 34.6 Å². The predicted octanol–water partition coefficient (Wildman–Crippen LogP) is 2.81. The van der Waals surface area contributed by atoms with Crippen LogP contribution in [0.15, 0.2) is 12.1 Å². The predicted molar refractivity (Wildman–Crippen MR) is 73.8 cm³/mol. The Morgan fingerprint density at radius 2 is 1.67 bits per heavy atom. The van der Waals surface area contributed by atoms with Crippen LogP contribution in [0.3, 0.4) is 0 Å². The summed E-state index contributed by atoms with van der Waals surface area (Å²) >= 11 is 0. The first kappa shape index (κ1) is 12.5. The van der Waals surface area contributed by atoms with Crippen molar-refractivity contribution in [2.45, 2.75) is 27.7 Å². The van der Waals surface area contributed by atoms with E-state index in [1.807, 2.05) is 14.0 Å². The van der Waals surface area contributed by atoms with Gasteiger partial charge in [0.1, 0.15) is 11.5 Å². The fourth-order valence-electron chi connectivity index (χ4n) is 1.98. The Bertz CT molecular complexity index is 591. The van der Waals surface area contributed by atoms with Gasteiger partial charge in [-0.05, 0) is 44.4 Å². The van der Waals surface area contributed by atoms with Gasteiger partial charge in [-0.1, -0.05) is 12.1 Å². The minimum Gasteiger partial charge on any atom is -0.371 e. The fourth-order valence-corrected chi connectivity index (χ4v) is 1.98. The topological polar surface area (TPSA) is 50.7 Å². The van der Waals surface area contributed by atoms with Crippen LogP contribution in [0.1, 0.15) is 22.5 Å². The number of rotatable bonds is 2. The number of nitrogens with one attached hydrogen (secondary N) is 1. The maximum atomic E-state index is 4.38. The van der Waals surface area contributed by atoms with Gasteiger partial charge in [-0.2, -0.15) is 0 Å². The molecule has 0 aliphatic rings. The second-order valence-corrected chi connectivity index (χ2v) is 4.49. The highest BCUT2D eigenvalue weighted by Gasteiger charge is 2.13. The number of nitrogens with zero attached hydrogens (tertiary/aromatic N) is 3. The first-order chi connectivity index (χ1) is 8.54. The summed E-state index contributed by atoms with van der Waals surface area (Å²) in [7, 11) is 1.85. The average molecular weight is 242 g/mol. The van der Waals surface area contributed by atoms with E-state index in [4.69, 9.17) is 0 Å². The van der Waals surface area contributed by atoms with Gasteiger partial charge in [0, 0.05) is 12.6 Å². The molecule has 0 unspecified atom stereocenters. The number of hydrogen-bond donors (Lipinski definition) is 1. The van der Waals surface area contributed by atoms with Gasteiger partial charge in [0.15, 0.2) is 5.82 Å². The molecule has 1 aromatic heterocycles. The van der Waals surface area contributed by atoms with Gasteiger partial charge in [0.2, 0.25) is 0 Å². The third kappa shape index (κ3) is 2.06. The summed E-state index contributed by atoms with van der Waals surface area (Å²) in [6, 6.07) is 4.19. The van der Waals surface area contributed by atoms with Crippen LogP contribution < -0.4 is 5.32 Å². The molecule has 4 heteroatoms. The van der Waals surface area contributed by atoms with Crippen molar-refractivity contribution in [3.63, 3.8) is 0 Å². The summed E-state index contributed by atoms with van der Waals surface area (Å²) in [4.78, 5) is 4.38. The van der Waals surface area contributed by atoms with Crippen LogP contribution in [0.2, 0.25) is 0 Å². The van der Waals surface area contributed by atoms with Crippen LogP contribution in [-0.4, -0.2) is 22.2 Å². The lowest BCUT2D eigenvalue weighted by molar-refractivity contribution is 0.915. The summed E-state index contributed by atoms with van der Waals surface area (Å²) in [5.74, 6) is 1.44. The number of aromatic nitrogens is 3. The van der Waals surface area contributed by atoms with E-state index in [9.17, 15) is 0 Å². The molecule has 1 aromatic carbocycles. The lowest BCUT2D eigenvalue weighted by atomic mass is 9.97. The summed E-state index contributed by atoms with van der Waals surface area (Å²) in [6.07, 6.45) is 0.